The minimum Gasteiger partial charge on any atom is -0.372 e. The van der Waals surface area contributed by atoms with Crippen LogP contribution >= 0.6 is 0 Å². The Morgan fingerprint density at radius 1 is 0.977 bits per heavy atom. The van der Waals surface area contributed by atoms with Gasteiger partial charge in [-0.1, -0.05) is 30.3 Å². The smallest absolute Gasteiger partial charge is 0.243 e. The SMILES string of the molecule is C[C@@H](OCc1ccc(N2CCC(CCC(N)=O)CC2)cc1)[C@H](CCC(N)=O)NC(=O)[C@@H]1Cc2cccc3c2N1C(=O)CCC3. The first-order valence-corrected chi connectivity index (χ1v) is 15.9. The number of benzene rings is 2. The predicted molar refractivity (Wildman–Crippen MR) is 169 cm³/mol. The number of aryl methyl sites for hydroxylation is 1. The summed E-state index contributed by atoms with van der Waals surface area (Å²) in [5, 5.41) is 3.11. The van der Waals surface area contributed by atoms with Crippen molar-refractivity contribution in [1.29, 1.82) is 0 Å². The maximum absolute atomic E-state index is 13.7. The number of hydrogen-bond acceptors (Lipinski definition) is 6. The molecule has 3 heterocycles. The first kappa shape index (κ1) is 31.5. The Morgan fingerprint density at radius 2 is 1.68 bits per heavy atom. The quantitative estimate of drug-likeness (QED) is 0.321. The molecule has 3 aliphatic rings. The van der Waals surface area contributed by atoms with Gasteiger partial charge in [0.1, 0.15) is 6.04 Å². The van der Waals surface area contributed by atoms with Crippen molar-refractivity contribution in [3.63, 3.8) is 0 Å². The van der Waals surface area contributed by atoms with E-state index in [2.05, 4.69) is 34.5 Å². The van der Waals surface area contributed by atoms with Gasteiger partial charge in [0.05, 0.1) is 24.4 Å². The Labute approximate surface area is 259 Å². The predicted octanol–water partition coefficient (Wildman–Crippen LogP) is 3.12. The normalized spacial score (nSPS) is 19.7. The molecule has 0 radical (unpaired) electrons. The Kier molecular flexibility index (Phi) is 10.2. The molecule has 3 aliphatic heterocycles. The van der Waals surface area contributed by atoms with Gasteiger partial charge < -0.3 is 26.4 Å². The van der Waals surface area contributed by atoms with Crippen molar-refractivity contribution in [2.45, 2.75) is 95.9 Å². The van der Waals surface area contributed by atoms with E-state index in [1.807, 2.05) is 25.1 Å². The molecule has 0 bridgehead atoms. The number of carbonyl (C=O) groups is 4. The molecule has 44 heavy (non-hydrogen) atoms. The third-order valence-corrected chi connectivity index (χ3v) is 9.40. The summed E-state index contributed by atoms with van der Waals surface area (Å²) >= 11 is 0. The van der Waals surface area contributed by atoms with Crippen LogP contribution in [0.2, 0.25) is 0 Å². The lowest BCUT2D eigenvalue weighted by molar-refractivity contribution is -0.128. The lowest BCUT2D eigenvalue weighted by Crippen LogP contribution is -2.53. The number of anilines is 2. The van der Waals surface area contributed by atoms with Gasteiger partial charge in [-0.2, -0.15) is 0 Å². The standard InChI is InChI=1S/C34H45N5O5/c1-22(44-21-24-8-11-27(12-9-24)38-18-16-23(17-19-38)10-14-30(35)40)28(13-15-31(36)41)37-34(43)29-20-26-6-2-4-25-5-3-7-32(42)39(29)33(25)26/h2,4,6,8-9,11-12,22-23,28-29H,3,5,7,10,13-21H2,1H3,(H2,35,40)(H2,36,41)(H,37,43)/t22-,28+,29+/m1/s1. The molecule has 5 N–H and O–H groups in total. The molecule has 1 fully saturated rings. The molecule has 0 spiro atoms. The number of amides is 4. The van der Waals surface area contributed by atoms with Gasteiger partial charge in [-0.25, -0.2) is 0 Å². The molecule has 2 aromatic rings. The lowest BCUT2D eigenvalue weighted by atomic mass is 9.92. The van der Waals surface area contributed by atoms with E-state index in [4.69, 9.17) is 16.2 Å². The molecule has 236 valence electrons. The van der Waals surface area contributed by atoms with Crippen molar-refractivity contribution in [3.8, 4) is 0 Å². The van der Waals surface area contributed by atoms with Crippen LogP contribution in [0.5, 0.6) is 0 Å². The number of ether oxygens (including phenoxy) is 1. The molecule has 5 rings (SSSR count). The van der Waals surface area contributed by atoms with Gasteiger partial charge in [-0.15, -0.1) is 0 Å². The molecule has 0 aliphatic carbocycles. The Hall–Kier alpha value is -3.92. The zero-order valence-electron chi connectivity index (χ0n) is 25.6. The van der Waals surface area contributed by atoms with Crippen molar-refractivity contribution < 1.29 is 23.9 Å². The third kappa shape index (κ3) is 7.59. The number of para-hydroxylation sites is 1. The fourth-order valence-corrected chi connectivity index (χ4v) is 6.81. The van der Waals surface area contributed by atoms with Crippen molar-refractivity contribution in [1.82, 2.24) is 5.32 Å². The number of nitrogens with one attached hydrogen (secondary N) is 1. The number of piperidine rings is 1. The lowest BCUT2D eigenvalue weighted by Gasteiger charge is -2.33. The van der Waals surface area contributed by atoms with Crippen molar-refractivity contribution >= 4 is 35.0 Å². The van der Waals surface area contributed by atoms with E-state index in [0.717, 1.165) is 73.3 Å². The van der Waals surface area contributed by atoms with Gasteiger partial charge in [0.15, 0.2) is 0 Å². The van der Waals surface area contributed by atoms with Crippen LogP contribution < -0.4 is 26.6 Å². The number of rotatable bonds is 13. The minimum atomic E-state index is -0.624. The number of nitrogens with two attached hydrogens (primary N) is 2. The van der Waals surface area contributed by atoms with E-state index in [1.54, 1.807) is 4.90 Å². The molecule has 0 aromatic heterocycles. The van der Waals surface area contributed by atoms with E-state index < -0.39 is 24.1 Å². The second-order valence-corrected chi connectivity index (χ2v) is 12.5. The molecule has 4 amide bonds. The van der Waals surface area contributed by atoms with Crippen molar-refractivity contribution in [3.05, 3.63) is 59.2 Å². The van der Waals surface area contributed by atoms with Gasteiger partial charge in [-0.3, -0.25) is 24.1 Å². The van der Waals surface area contributed by atoms with Gasteiger partial charge in [0.2, 0.25) is 23.6 Å². The molecule has 2 aromatic carbocycles. The largest absolute Gasteiger partial charge is 0.372 e. The first-order chi connectivity index (χ1) is 21.2. The number of carbonyl (C=O) groups excluding carboxylic acids is 4. The summed E-state index contributed by atoms with van der Waals surface area (Å²) in [5.41, 5.74) is 16.0. The summed E-state index contributed by atoms with van der Waals surface area (Å²) in [7, 11) is 0. The fourth-order valence-electron chi connectivity index (χ4n) is 6.81. The highest BCUT2D eigenvalue weighted by Crippen LogP contribution is 2.39. The fraction of sp³-hybridized carbons (Fsp3) is 0.529. The van der Waals surface area contributed by atoms with E-state index in [0.29, 0.717) is 38.2 Å². The molecule has 10 nitrogen and oxygen atoms in total. The summed E-state index contributed by atoms with van der Waals surface area (Å²) < 4.78 is 6.22. The van der Waals surface area contributed by atoms with Crippen LogP contribution in [0, 0.1) is 5.92 Å². The monoisotopic (exact) mass is 603 g/mol. The molecule has 0 unspecified atom stereocenters. The second-order valence-electron chi connectivity index (χ2n) is 12.5. The van der Waals surface area contributed by atoms with Gasteiger partial charge in [0.25, 0.3) is 0 Å². The maximum Gasteiger partial charge on any atom is 0.243 e. The summed E-state index contributed by atoms with van der Waals surface area (Å²) in [6.45, 7) is 4.14. The molecular weight excluding hydrogens is 558 g/mol. The summed E-state index contributed by atoms with van der Waals surface area (Å²) in [6.07, 6.45) is 5.96. The van der Waals surface area contributed by atoms with E-state index in [1.165, 1.54) is 0 Å². The zero-order valence-corrected chi connectivity index (χ0v) is 25.6. The number of primary amides is 2. The van der Waals surface area contributed by atoms with Crippen LogP contribution in [0.4, 0.5) is 11.4 Å². The highest BCUT2D eigenvalue weighted by Gasteiger charge is 2.41. The van der Waals surface area contributed by atoms with Crippen LogP contribution in [-0.2, 0) is 43.4 Å². The minimum absolute atomic E-state index is 0.0252. The average Bonchev–Trinajstić information content (AvgIpc) is 3.33. The van der Waals surface area contributed by atoms with Gasteiger partial charge in [-0.05, 0) is 80.2 Å². The van der Waals surface area contributed by atoms with Crippen molar-refractivity contribution in [2.75, 3.05) is 22.9 Å². The highest BCUT2D eigenvalue weighted by atomic mass is 16.5. The average molecular weight is 604 g/mol. The molecule has 0 saturated carbocycles. The maximum atomic E-state index is 13.7. The topological polar surface area (TPSA) is 148 Å². The third-order valence-electron chi connectivity index (χ3n) is 9.40. The summed E-state index contributed by atoms with van der Waals surface area (Å²) in [4.78, 5) is 53.6. The second kappa shape index (κ2) is 14.2. The van der Waals surface area contributed by atoms with Crippen LogP contribution in [0.3, 0.4) is 0 Å². The van der Waals surface area contributed by atoms with Crippen LogP contribution in [-0.4, -0.2) is 54.9 Å². The molecular formula is C34H45N5O5. The zero-order chi connectivity index (χ0) is 31.2. The molecule has 10 heteroatoms. The van der Waals surface area contributed by atoms with Crippen LogP contribution in [0.15, 0.2) is 42.5 Å². The first-order valence-electron chi connectivity index (χ1n) is 15.9. The number of hydrogen-bond donors (Lipinski definition) is 3. The van der Waals surface area contributed by atoms with Crippen LogP contribution in [0.25, 0.3) is 0 Å². The van der Waals surface area contributed by atoms with Gasteiger partial charge >= 0.3 is 0 Å². The van der Waals surface area contributed by atoms with Crippen molar-refractivity contribution in [2.24, 2.45) is 17.4 Å². The Balaban J connectivity index is 1.17. The molecule has 3 atom stereocenters. The highest BCUT2D eigenvalue weighted by molar-refractivity contribution is 6.04. The Bertz CT molecular complexity index is 1350. The van der Waals surface area contributed by atoms with E-state index in [9.17, 15) is 19.2 Å². The summed E-state index contributed by atoms with van der Waals surface area (Å²) in [6, 6.07) is 13.3. The number of nitrogens with zero attached hydrogens (tertiary/aromatic N) is 2. The van der Waals surface area contributed by atoms with E-state index in [-0.39, 0.29) is 24.1 Å². The van der Waals surface area contributed by atoms with E-state index >= 15 is 0 Å². The Morgan fingerprint density at radius 3 is 2.39 bits per heavy atom. The van der Waals surface area contributed by atoms with Crippen LogP contribution in [0.1, 0.15) is 75.0 Å². The van der Waals surface area contributed by atoms with Gasteiger partial charge in [0, 0.05) is 44.5 Å². The molecule has 1 saturated heterocycles. The summed E-state index contributed by atoms with van der Waals surface area (Å²) in [5.74, 6) is -0.391.